The Kier molecular flexibility index (Phi) is 4.96. The fraction of sp³-hybridized carbons (Fsp3) is 0.500. The van der Waals surface area contributed by atoms with Crippen molar-refractivity contribution >= 4 is 11.3 Å². The number of hydrogen-bond acceptors (Lipinski definition) is 2. The van der Waals surface area contributed by atoms with E-state index in [1.165, 1.54) is 0 Å². The van der Waals surface area contributed by atoms with Gasteiger partial charge >= 0.3 is 0 Å². The van der Waals surface area contributed by atoms with E-state index in [0.717, 1.165) is 11.1 Å². The molecule has 4 heteroatoms. The average Bonchev–Trinajstić information content (AvgIpc) is 2.20. The van der Waals surface area contributed by atoms with Gasteiger partial charge in [0, 0.05) is 6.54 Å². The monoisotopic (exact) mass is 241 g/mol. The number of aryl methyl sites for hydroxylation is 2. The Morgan fingerprint density at radius 1 is 1.38 bits per heavy atom. The molecule has 16 heavy (non-hydrogen) atoms. The highest BCUT2D eigenvalue weighted by molar-refractivity contribution is 7.78. The molecule has 3 nitrogen and oxygen atoms in total. The van der Waals surface area contributed by atoms with Crippen LogP contribution in [0, 0.1) is 19.8 Å². The minimum atomic E-state index is -1.46. The molecule has 1 unspecified atom stereocenters. The third-order valence-electron chi connectivity index (χ3n) is 2.12. The third-order valence-corrected chi connectivity index (χ3v) is 2.85. The first-order valence-electron chi connectivity index (χ1n) is 5.40. The zero-order valence-electron chi connectivity index (χ0n) is 10.2. The molecule has 0 spiro atoms. The van der Waals surface area contributed by atoms with Crippen molar-refractivity contribution < 1.29 is 8.39 Å². The van der Waals surface area contributed by atoms with Crippen molar-refractivity contribution in [2.75, 3.05) is 6.54 Å². The highest BCUT2D eigenvalue weighted by atomic mass is 32.2. The fourth-order valence-electron chi connectivity index (χ4n) is 1.14. The van der Waals surface area contributed by atoms with Gasteiger partial charge in [-0.1, -0.05) is 26.0 Å². The molecule has 0 saturated carbocycles. The lowest BCUT2D eigenvalue weighted by molar-refractivity contribution is 0.530. The molecule has 0 fully saturated rings. The first kappa shape index (κ1) is 13.2. The van der Waals surface area contributed by atoms with Gasteiger partial charge in [-0.15, -0.1) is 0 Å². The molecule has 0 heterocycles. The van der Waals surface area contributed by atoms with Crippen molar-refractivity contribution in [3.8, 4) is 5.75 Å². The van der Waals surface area contributed by atoms with E-state index in [1.54, 1.807) is 0 Å². The van der Waals surface area contributed by atoms with Gasteiger partial charge in [-0.05, 0) is 37.0 Å². The Morgan fingerprint density at radius 3 is 2.69 bits per heavy atom. The van der Waals surface area contributed by atoms with E-state index in [-0.39, 0.29) is 0 Å². The molecule has 0 aliphatic heterocycles. The zero-order valence-corrected chi connectivity index (χ0v) is 11.1. The first-order valence-corrected chi connectivity index (χ1v) is 6.47. The largest absolute Gasteiger partial charge is 0.389 e. The summed E-state index contributed by atoms with van der Waals surface area (Å²) in [7, 11) is 0. The second kappa shape index (κ2) is 6.01. The van der Waals surface area contributed by atoms with Crippen LogP contribution in [0.5, 0.6) is 5.75 Å². The number of rotatable bonds is 5. The minimum absolute atomic E-state index is 0.450. The van der Waals surface area contributed by atoms with Gasteiger partial charge in [0.2, 0.25) is 0 Å². The third kappa shape index (κ3) is 4.33. The molecule has 0 radical (unpaired) electrons. The molecule has 1 rings (SSSR count). The van der Waals surface area contributed by atoms with E-state index in [0.29, 0.717) is 18.2 Å². The van der Waals surface area contributed by atoms with Gasteiger partial charge in [0.05, 0.1) is 0 Å². The normalized spacial score (nSPS) is 12.8. The van der Waals surface area contributed by atoms with Crippen molar-refractivity contribution in [3.05, 3.63) is 29.3 Å². The Labute approximate surface area is 100 Å². The van der Waals surface area contributed by atoms with Crippen LogP contribution < -0.4 is 8.91 Å². The van der Waals surface area contributed by atoms with Crippen molar-refractivity contribution in [2.45, 2.75) is 27.7 Å². The highest BCUT2D eigenvalue weighted by Gasteiger charge is 2.06. The topological polar surface area (TPSA) is 38.3 Å². The maximum absolute atomic E-state index is 11.6. The van der Waals surface area contributed by atoms with Gasteiger partial charge in [0.15, 0.2) is 0 Å². The fourth-order valence-corrected chi connectivity index (χ4v) is 2.01. The quantitative estimate of drug-likeness (QED) is 0.860. The van der Waals surface area contributed by atoms with E-state index < -0.39 is 11.3 Å². The van der Waals surface area contributed by atoms with Gasteiger partial charge in [-0.2, -0.15) is 4.21 Å². The van der Waals surface area contributed by atoms with E-state index in [2.05, 4.69) is 18.6 Å². The highest BCUT2D eigenvalue weighted by Crippen LogP contribution is 2.19. The lowest BCUT2D eigenvalue weighted by Gasteiger charge is -2.10. The van der Waals surface area contributed by atoms with Crippen LogP contribution in [0.25, 0.3) is 0 Å². The molecular weight excluding hydrogens is 222 g/mol. The summed E-state index contributed by atoms with van der Waals surface area (Å²) in [5.41, 5.74) is 2.09. The minimum Gasteiger partial charge on any atom is -0.389 e. The Bertz CT molecular complexity index is 377. The van der Waals surface area contributed by atoms with Gasteiger partial charge in [-0.3, -0.25) is 0 Å². The summed E-state index contributed by atoms with van der Waals surface area (Å²) >= 11 is -1.46. The Balaban J connectivity index is 2.59. The molecule has 1 atom stereocenters. The van der Waals surface area contributed by atoms with Crippen LogP contribution in [0.4, 0.5) is 0 Å². The molecule has 0 saturated heterocycles. The summed E-state index contributed by atoms with van der Waals surface area (Å²) in [6.45, 7) is 8.72. The number of hydrogen-bond donors (Lipinski definition) is 1. The van der Waals surface area contributed by atoms with E-state index >= 15 is 0 Å². The lowest BCUT2D eigenvalue weighted by atomic mass is 10.1. The summed E-state index contributed by atoms with van der Waals surface area (Å²) in [6, 6.07) is 5.86. The molecule has 1 aromatic carbocycles. The first-order chi connectivity index (χ1) is 7.49. The van der Waals surface area contributed by atoms with Gasteiger partial charge in [-0.25, -0.2) is 4.72 Å². The SMILES string of the molecule is Cc1ccc(C)c(OS(=O)NCC(C)C)c1. The van der Waals surface area contributed by atoms with Crippen LogP contribution in [0.1, 0.15) is 25.0 Å². The van der Waals surface area contributed by atoms with Crippen LogP contribution in [0.3, 0.4) is 0 Å². The van der Waals surface area contributed by atoms with Crippen LogP contribution in [0.2, 0.25) is 0 Å². The molecule has 0 aromatic heterocycles. The number of nitrogens with one attached hydrogen (secondary N) is 1. The van der Waals surface area contributed by atoms with Crippen molar-refractivity contribution in [3.63, 3.8) is 0 Å². The van der Waals surface area contributed by atoms with Crippen LogP contribution >= 0.6 is 0 Å². The maximum Gasteiger partial charge on any atom is 0.288 e. The standard InChI is InChI=1S/C12H19NO2S/c1-9(2)8-13-16(14)15-12-7-10(3)5-6-11(12)4/h5-7,9,13H,8H2,1-4H3. The van der Waals surface area contributed by atoms with Crippen LogP contribution in [0.15, 0.2) is 18.2 Å². The summed E-state index contributed by atoms with van der Waals surface area (Å²) in [4.78, 5) is 0. The second-order valence-corrected chi connectivity index (χ2v) is 5.25. The predicted octanol–water partition coefficient (Wildman–Crippen LogP) is 2.51. The molecule has 90 valence electrons. The van der Waals surface area contributed by atoms with Crippen LogP contribution in [-0.2, 0) is 11.3 Å². The van der Waals surface area contributed by atoms with Crippen molar-refractivity contribution in [2.24, 2.45) is 5.92 Å². The molecule has 1 aromatic rings. The summed E-state index contributed by atoms with van der Waals surface area (Å²) in [5, 5.41) is 0. The maximum atomic E-state index is 11.6. The summed E-state index contributed by atoms with van der Waals surface area (Å²) < 4.78 is 19.7. The smallest absolute Gasteiger partial charge is 0.288 e. The van der Waals surface area contributed by atoms with Crippen molar-refractivity contribution in [1.82, 2.24) is 4.72 Å². The van der Waals surface area contributed by atoms with Gasteiger partial charge in [0.1, 0.15) is 5.75 Å². The van der Waals surface area contributed by atoms with Crippen molar-refractivity contribution in [1.29, 1.82) is 0 Å². The van der Waals surface area contributed by atoms with Gasteiger partial charge in [0.25, 0.3) is 11.3 Å². The molecule has 0 aliphatic rings. The van der Waals surface area contributed by atoms with Gasteiger partial charge < -0.3 is 4.18 Å². The lowest BCUT2D eigenvalue weighted by Crippen LogP contribution is -2.25. The second-order valence-electron chi connectivity index (χ2n) is 4.33. The van der Waals surface area contributed by atoms with E-state index in [4.69, 9.17) is 4.18 Å². The molecule has 1 N–H and O–H groups in total. The number of benzene rings is 1. The van der Waals surface area contributed by atoms with Crippen LogP contribution in [-0.4, -0.2) is 10.8 Å². The molecular formula is C12H19NO2S. The van der Waals surface area contributed by atoms with E-state index in [9.17, 15) is 4.21 Å². The zero-order chi connectivity index (χ0) is 12.1. The summed E-state index contributed by atoms with van der Waals surface area (Å²) in [5.74, 6) is 1.13. The molecule has 0 bridgehead atoms. The predicted molar refractivity (Wildman–Crippen MR) is 67.5 cm³/mol. The Hall–Kier alpha value is -0.870. The Morgan fingerprint density at radius 2 is 2.06 bits per heavy atom. The summed E-state index contributed by atoms with van der Waals surface area (Å²) in [6.07, 6.45) is 0. The molecule has 0 aliphatic carbocycles. The van der Waals surface area contributed by atoms with E-state index in [1.807, 2.05) is 32.0 Å². The molecule has 0 amide bonds. The average molecular weight is 241 g/mol.